The second-order valence-corrected chi connectivity index (χ2v) is 10.4. The van der Waals surface area contributed by atoms with Crippen LogP contribution in [0.4, 0.5) is 0 Å². The van der Waals surface area contributed by atoms with Crippen molar-refractivity contribution in [3.05, 3.63) is 35.3 Å². The van der Waals surface area contributed by atoms with Gasteiger partial charge in [0, 0.05) is 44.7 Å². The number of Topliss-reactive ketones (excluding diaryl/α,β-unsaturated/α-hetero) is 1. The van der Waals surface area contributed by atoms with Crippen molar-refractivity contribution in [3.63, 3.8) is 0 Å². The summed E-state index contributed by atoms with van der Waals surface area (Å²) in [6.07, 6.45) is 12.3. The van der Waals surface area contributed by atoms with Gasteiger partial charge in [-0.3, -0.25) is 4.79 Å². The van der Waals surface area contributed by atoms with Crippen LogP contribution >= 0.6 is 0 Å². The maximum atomic E-state index is 12.4. The van der Waals surface area contributed by atoms with Crippen LogP contribution in [0.15, 0.2) is 18.3 Å². The number of ether oxygens (including phenoxy) is 1. The van der Waals surface area contributed by atoms with Crippen LogP contribution in [0.1, 0.15) is 75.7 Å². The zero-order chi connectivity index (χ0) is 23.9. The SMILES string of the molecule is CC[C@@H](C)Oc1ccc2c(n1)CCN(CCC1CCC(CC(=O)Cc3cnn(C)n3)CC1)CC2. The van der Waals surface area contributed by atoms with E-state index in [0.29, 0.717) is 24.5 Å². The molecule has 1 fully saturated rings. The Hall–Kier alpha value is -2.28. The number of aromatic nitrogens is 4. The van der Waals surface area contributed by atoms with Crippen molar-refractivity contribution in [2.75, 3.05) is 19.6 Å². The molecule has 1 aliphatic heterocycles. The molecule has 0 spiro atoms. The van der Waals surface area contributed by atoms with Crippen molar-refractivity contribution in [2.24, 2.45) is 18.9 Å². The van der Waals surface area contributed by atoms with Gasteiger partial charge in [0.15, 0.2) is 0 Å². The molecule has 1 aliphatic carbocycles. The van der Waals surface area contributed by atoms with Crippen molar-refractivity contribution >= 4 is 5.78 Å². The predicted molar refractivity (Wildman–Crippen MR) is 133 cm³/mol. The highest BCUT2D eigenvalue weighted by atomic mass is 16.5. The number of pyridine rings is 1. The van der Waals surface area contributed by atoms with E-state index in [-0.39, 0.29) is 6.10 Å². The lowest BCUT2D eigenvalue weighted by molar-refractivity contribution is -0.119. The van der Waals surface area contributed by atoms with Gasteiger partial charge >= 0.3 is 0 Å². The number of hydrogen-bond donors (Lipinski definition) is 0. The summed E-state index contributed by atoms with van der Waals surface area (Å²) in [7, 11) is 1.79. The fourth-order valence-corrected chi connectivity index (χ4v) is 5.34. The molecule has 0 radical (unpaired) electrons. The zero-order valence-corrected chi connectivity index (χ0v) is 21.2. The first kappa shape index (κ1) is 24.8. The van der Waals surface area contributed by atoms with Crippen LogP contribution in [0.2, 0.25) is 0 Å². The predicted octanol–water partition coefficient (Wildman–Crippen LogP) is 4.19. The molecule has 34 heavy (non-hydrogen) atoms. The van der Waals surface area contributed by atoms with E-state index >= 15 is 0 Å². The van der Waals surface area contributed by atoms with Gasteiger partial charge in [-0.15, -0.1) is 0 Å². The van der Waals surface area contributed by atoms with Crippen LogP contribution in [0.3, 0.4) is 0 Å². The molecule has 0 N–H and O–H groups in total. The molecule has 0 saturated heterocycles. The topological polar surface area (TPSA) is 73.1 Å². The van der Waals surface area contributed by atoms with E-state index in [4.69, 9.17) is 9.72 Å². The molecule has 7 heteroatoms. The number of ketones is 1. The molecule has 186 valence electrons. The maximum absolute atomic E-state index is 12.4. The fourth-order valence-electron chi connectivity index (χ4n) is 5.34. The second kappa shape index (κ2) is 11.9. The van der Waals surface area contributed by atoms with Gasteiger partial charge in [0.25, 0.3) is 0 Å². The Labute approximate surface area is 204 Å². The number of nitrogens with zero attached hydrogens (tertiary/aromatic N) is 5. The molecule has 2 aliphatic rings. The smallest absolute Gasteiger partial charge is 0.213 e. The van der Waals surface area contributed by atoms with Crippen molar-refractivity contribution in [2.45, 2.75) is 84.2 Å². The molecule has 2 aromatic heterocycles. The number of aryl methyl sites for hydroxylation is 1. The van der Waals surface area contributed by atoms with E-state index in [1.54, 1.807) is 13.2 Å². The third-order valence-corrected chi connectivity index (χ3v) is 7.66. The molecule has 3 heterocycles. The van der Waals surface area contributed by atoms with Crippen molar-refractivity contribution in [3.8, 4) is 5.88 Å². The Morgan fingerprint density at radius 1 is 1.15 bits per heavy atom. The third-order valence-electron chi connectivity index (χ3n) is 7.66. The highest BCUT2D eigenvalue weighted by molar-refractivity contribution is 5.80. The van der Waals surface area contributed by atoms with Gasteiger partial charge in [-0.2, -0.15) is 15.0 Å². The van der Waals surface area contributed by atoms with Gasteiger partial charge in [-0.25, -0.2) is 4.98 Å². The Bertz CT molecular complexity index is 935. The lowest BCUT2D eigenvalue weighted by Crippen LogP contribution is -2.29. The normalized spacial score (nSPS) is 22.1. The van der Waals surface area contributed by atoms with Crippen LogP contribution < -0.4 is 4.74 Å². The molecular formula is C27H41N5O2. The van der Waals surface area contributed by atoms with Crippen LogP contribution in [0.5, 0.6) is 5.88 Å². The van der Waals surface area contributed by atoms with E-state index < -0.39 is 0 Å². The summed E-state index contributed by atoms with van der Waals surface area (Å²) in [6, 6.07) is 4.26. The van der Waals surface area contributed by atoms with Crippen LogP contribution in [-0.4, -0.2) is 56.4 Å². The summed E-state index contributed by atoms with van der Waals surface area (Å²) < 4.78 is 5.93. The molecule has 1 atom stereocenters. The van der Waals surface area contributed by atoms with E-state index in [1.165, 1.54) is 54.7 Å². The van der Waals surface area contributed by atoms with Crippen molar-refractivity contribution in [1.29, 1.82) is 0 Å². The minimum Gasteiger partial charge on any atom is -0.475 e. The molecule has 0 unspecified atom stereocenters. The summed E-state index contributed by atoms with van der Waals surface area (Å²) in [5.41, 5.74) is 3.39. The van der Waals surface area contributed by atoms with Crippen molar-refractivity contribution in [1.82, 2.24) is 24.9 Å². The first-order valence-electron chi connectivity index (χ1n) is 13.2. The molecule has 7 nitrogen and oxygen atoms in total. The Morgan fingerprint density at radius 2 is 1.91 bits per heavy atom. The molecule has 0 amide bonds. The number of carbonyl (C=O) groups is 1. The summed E-state index contributed by atoms with van der Waals surface area (Å²) in [5.74, 6) is 2.42. The molecule has 0 bridgehead atoms. The van der Waals surface area contributed by atoms with Gasteiger partial charge in [0.1, 0.15) is 5.78 Å². The molecule has 4 rings (SSSR count). The van der Waals surface area contributed by atoms with E-state index in [2.05, 4.69) is 35.0 Å². The average molecular weight is 468 g/mol. The van der Waals surface area contributed by atoms with Crippen molar-refractivity contribution < 1.29 is 9.53 Å². The van der Waals surface area contributed by atoms with Gasteiger partial charge < -0.3 is 9.64 Å². The summed E-state index contributed by atoms with van der Waals surface area (Å²) in [4.78, 5) is 21.4. The summed E-state index contributed by atoms with van der Waals surface area (Å²) >= 11 is 0. The Balaban J connectivity index is 1.16. The minimum absolute atomic E-state index is 0.208. The molecule has 0 aromatic carbocycles. The lowest BCUT2D eigenvalue weighted by atomic mass is 9.78. The maximum Gasteiger partial charge on any atom is 0.213 e. The van der Waals surface area contributed by atoms with E-state index in [1.807, 2.05) is 6.07 Å². The highest BCUT2D eigenvalue weighted by Crippen LogP contribution is 2.33. The van der Waals surface area contributed by atoms with E-state index in [9.17, 15) is 4.79 Å². The van der Waals surface area contributed by atoms with Gasteiger partial charge in [0.2, 0.25) is 5.88 Å². The Morgan fingerprint density at radius 3 is 2.65 bits per heavy atom. The minimum atomic E-state index is 0.208. The highest BCUT2D eigenvalue weighted by Gasteiger charge is 2.24. The van der Waals surface area contributed by atoms with Crippen LogP contribution in [0.25, 0.3) is 0 Å². The monoisotopic (exact) mass is 467 g/mol. The first-order chi connectivity index (χ1) is 16.5. The third kappa shape index (κ3) is 7.11. The Kier molecular flexibility index (Phi) is 8.70. The first-order valence-corrected chi connectivity index (χ1v) is 13.2. The summed E-state index contributed by atoms with van der Waals surface area (Å²) in [5, 5.41) is 8.29. The largest absolute Gasteiger partial charge is 0.475 e. The number of fused-ring (bicyclic) bond motifs is 1. The number of hydrogen-bond acceptors (Lipinski definition) is 6. The average Bonchev–Trinajstić information content (AvgIpc) is 3.12. The lowest BCUT2D eigenvalue weighted by Gasteiger charge is -2.30. The van der Waals surface area contributed by atoms with Gasteiger partial charge in [-0.05, 0) is 63.0 Å². The van der Waals surface area contributed by atoms with Crippen LogP contribution in [0, 0.1) is 11.8 Å². The zero-order valence-electron chi connectivity index (χ0n) is 21.2. The van der Waals surface area contributed by atoms with Gasteiger partial charge in [-0.1, -0.05) is 25.8 Å². The molecule has 1 saturated carbocycles. The van der Waals surface area contributed by atoms with Crippen LogP contribution in [-0.2, 0) is 31.1 Å². The standard InChI is InChI=1S/C27H41N5O2/c1-4-20(2)34-27-10-9-23-12-15-32(16-13-26(23)29-27)14-11-21-5-7-22(8-6-21)17-25(33)18-24-19-28-31(3)30-24/h9-10,19-22H,4-8,11-18H2,1-3H3/t20-,21?,22?/m1/s1. The second-order valence-electron chi connectivity index (χ2n) is 10.4. The summed E-state index contributed by atoms with van der Waals surface area (Å²) in [6.45, 7) is 7.61. The number of rotatable bonds is 10. The molecular weight excluding hydrogens is 426 g/mol. The number of carbonyl (C=O) groups excluding carboxylic acids is 1. The van der Waals surface area contributed by atoms with E-state index in [0.717, 1.165) is 49.8 Å². The molecule has 2 aromatic rings. The quantitative estimate of drug-likeness (QED) is 0.522. The fraction of sp³-hybridized carbons (Fsp3) is 0.704. The van der Waals surface area contributed by atoms with Gasteiger partial charge in [0.05, 0.1) is 24.4 Å².